The van der Waals surface area contributed by atoms with Gasteiger partial charge in [0.1, 0.15) is 11.9 Å². The predicted molar refractivity (Wildman–Crippen MR) is 58.5 cm³/mol. The fraction of sp³-hybridized carbons (Fsp3) is 0.300. The van der Waals surface area contributed by atoms with E-state index in [2.05, 4.69) is 34.3 Å². The molecular formula is C10H13N3S. The van der Waals surface area contributed by atoms with E-state index in [1.165, 1.54) is 9.75 Å². The van der Waals surface area contributed by atoms with Gasteiger partial charge in [-0.15, -0.1) is 11.3 Å². The molecule has 2 heterocycles. The molecule has 0 bridgehead atoms. The number of hydrogen-bond acceptors (Lipinski definition) is 3. The fourth-order valence-electron chi connectivity index (χ4n) is 1.46. The zero-order chi connectivity index (χ0) is 9.97. The van der Waals surface area contributed by atoms with E-state index in [1.54, 1.807) is 17.5 Å². The van der Waals surface area contributed by atoms with Gasteiger partial charge in [-0.3, -0.25) is 0 Å². The molecule has 0 aliphatic carbocycles. The SMILES string of the molecule is CNC(c1ncc[nH]1)c1ccc(C)s1. The number of thiophene rings is 1. The van der Waals surface area contributed by atoms with Gasteiger partial charge in [0.15, 0.2) is 0 Å². The van der Waals surface area contributed by atoms with Crippen molar-refractivity contribution in [2.24, 2.45) is 0 Å². The molecule has 0 saturated carbocycles. The van der Waals surface area contributed by atoms with Crippen LogP contribution in [-0.4, -0.2) is 17.0 Å². The van der Waals surface area contributed by atoms with Gasteiger partial charge < -0.3 is 10.3 Å². The first-order valence-electron chi connectivity index (χ1n) is 4.54. The molecule has 0 aromatic carbocycles. The van der Waals surface area contributed by atoms with E-state index in [-0.39, 0.29) is 6.04 Å². The molecule has 0 fully saturated rings. The smallest absolute Gasteiger partial charge is 0.128 e. The number of aromatic amines is 1. The molecule has 0 radical (unpaired) electrons. The number of hydrogen-bond donors (Lipinski definition) is 2. The molecule has 0 amide bonds. The van der Waals surface area contributed by atoms with Crippen molar-refractivity contribution in [2.75, 3.05) is 7.05 Å². The lowest BCUT2D eigenvalue weighted by Gasteiger charge is -2.10. The van der Waals surface area contributed by atoms with Crippen LogP contribution in [-0.2, 0) is 0 Å². The lowest BCUT2D eigenvalue weighted by atomic mass is 10.2. The van der Waals surface area contributed by atoms with Crippen LogP contribution in [0.5, 0.6) is 0 Å². The Morgan fingerprint density at radius 2 is 2.36 bits per heavy atom. The van der Waals surface area contributed by atoms with Gasteiger partial charge in [-0.1, -0.05) is 0 Å². The topological polar surface area (TPSA) is 40.7 Å². The molecule has 0 aliphatic heterocycles. The molecule has 0 aliphatic rings. The normalized spacial score (nSPS) is 13.0. The molecule has 2 aromatic rings. The Labute approximate surface area is 87.2 Å². The Balaban J connectivity index is 2.31. The Kier molecular flexibility index (Phi) is 2.65. The highest BCUT2D eigenvalue weighted by molar-refractivity contribution is 7.12. The quantitative estimate of drug-likeness (QED) is 0.809. The van der Waals surface area contributed by atoms with Crippen LogP contribution < -0.4 is 5.32 Å². The van der Waals surface area contributed by atoms with Gasteiger partial charge in [-0.25, -0.2) is 4.98 Å². The number of imidazole rings is 1. The van der Waals surface area contributed by atoms with E-state index in [0.29, 0.717) is 0 Å². The Hall–Kier alpha value is -1.13. The summed E-state index contributed by atoms with van der Waals surface area (Å²) in [4.78, 5) is 10.0. The highest BCUT2D eigenvalue weighted by Gasteiger charge is 2.15. The molecular weight excluding hydrogens is 194 g/mol. The predicted octanol–water partition coefficient (Wildman–Crippen LogP) is 2.09. The second kappa shape index (κ2) is 3.94. The first-order chi connectivity index (χ1) is 6.81. The van der Waals surface area contributed by atoms with E-state index < -0.39 is 0 Å². The third kappa shape index (κ3) is 1.71. The van der Waals surface area contributed by atoms with Gasteiger partial charge >= 0.3 is 0 Å². The van der Waals surface area contributed by atoms with Crippen LogP contribution in [0.3, 0.4) is 0 Å². The van der Waals surface area contributed by atoms with Gasteiger partial charge in [0.2, 0.25) is 0 Å². The van der Waals surface area contributed by atoms with Crippen LogP contribution in [0, 0.1) is 6.92 Å². The summed E-state index contributed by atoms with van der Waals surface area (Å²) in [5, 5.41) is 3.25. The molecule has 2 N–H and O–H groups in total. The van der Waals surface area contributed by atoms with Crippen molar-refractivity contribution in [1.82, 2.24) is 15.3 Å². The minimum Gasteiger partial charge on any atom is -0.347 e. The molecule has 0 saturated heterocycles. The number of aromatic nitrogens is 2. The van der Waals surface area contributed by atoms with E-state index >= 15 is 0 Å². The zero-order valence-electron chi connectivity index (χ0n) is 8.24. The van der Waals surface area contributed by atoms with Crippen molar-refractivity contribution in [3.63, 3.8) is 0 Å². The van der Waals surface area contributed by atoms with E-state index in [0.717, 1.165) is 5.82 Å². The molecule has 3 nitrogen and oxygen atoms in total. The zero-order valence-corrected chi connectivity index (χ0v) is 9.06. The second-order valence-electron chi connectivity index (χ2n) is 3.14. The number of nitrogens with zero attached hydrogens (tertiary/aromatic N) is 1. The van der Waals surface area contributed by atoms with Gasteiger partial charge in [-0.05, 0) is 26.1 Å². The summed E-state index contributed by atoms with van der Waals surface area (Å²) in [5.74, 6) is 0.967. The largest absolute Gasteiger partial charge is 0.347 e. The Morgan fingerprint density at radius 1 is 1.50 bits per heavy atom. The molecule has 2 rings (SSSR count). The maximum atomic E-state index is 4.26. The number of aryl methyl sites for hydroxylation is 1. The van der Waals surface area contributed by atoms with Crippen molar-refractivity contribution >= 4 is 11.3 Å². The van der Waals surface area contributed by atoms with Crippen LogP contribution in [0.25, 0.3) is 0 Å². The fourth-order valence-corrected chi connectivity index (χ4v) is 2.45. The Bertz CT molecular complexity index is 391. The van der Waals surface area contributed by atoms with E-state index in [1.807, 2.05) is 13.2 Å². The number of nitrogens with one attached hydrogen (secondary N) is 2. The van der Waals surface area contributed by atoms with E-state index in [9.17, 15) is 0 Å². The Morgan fingerprint density at radius 3 is 2.86 bits per heavy atom. The van der Waals surface area contributed by atoms with Gasteiger partial charge in [-0.2, -0.15) is 0 Å². The lowest BCUT2D eigenvalue weighted by molar-refractivity contribution is 0.666. The molecule has 0 spiro atoms. The minimum atomic E-state index is 0.184. The van der Waals surface area contributed by atoms with Crippen molar-refractivity contribution in [1.29, 1.82) is 0 Å². The molecule has 2 aromatic heterocycles. The third-order valence-corrected chi connectivity index (χ3v) is 3.19. The van der Waals surface area contributed by atoms with Crippen LogP contribution in [0.4, 0.5) is 0 Å². The third-order valence-electron chi connectivity index (χ3n) is 2.13. The summed E-state index contributed by atoms with van der Waals surface area (Å²) in [6.07, 6.45) is 3.63. The summed E-state index contributed by atoms with van der Waals surface area (Å²) in [6.45, 7) is 2.11. The molecule has 74 valence electrons. The van der Waals surface area contributed by atoms with Gasteiger partial charge in [0, 0.05) is 22.1 Å². The van der Waals surface area contributed by atoms with Crippen LogP contribution >= 0.6 is 11.3 Å². The summed E-state index contributed by atoms with van der Waals surface area (Å²) in [6, 6.07) is 4.46. The monoisotopic (exact) mass is 207 g/mol. The maximum Gasteiger partial charge on any atom is 0.128 e. The van der Waals surface area contributed by atoms with E-state index in [4.69, 9.17) is 0 Å². The average Bonchev–Trinajstić information content (AvgIpc) is 2.79. The highest BCUT2D eigenvalue weighted by atomic mass is 32.1. The van der Waals surface area contributed by atoms with Gasteiger partial charge in [0.25, 0.3) is 0 Å². The van der Waals surface area contributed by atoms with Crippen LogP contribution in [0.15, 0.2) is 24.5 Å². The minimum absolute atomic E-state index is 0.184. The van der Waals surface area contributed by atoms with Crippen LogP contribution in [0.2, 0.25) is 0 Å². The first-order valence-corrected chi connectivity index (χ1v) is 5.36. The van der Waals surface area contributed by atoms with Crippen molar-refractivity contribution in [3.8, 4) is 0 Å². The highest BCUT2D eigenvalue weighted by Crippen LogP contribution is 2.25. The molecule has 14 heavy (non-hydrogen) atoms. The number of H-pyrrole nitrogens is 1. The number of rotatable bonds is 3. The van der Waals surface area contributed by atoms with Crippen LogP contribution in [0.1, 0.15) is 21.6 Å². The standard InChI is InChI=1S/C10H13N3S/c1-7-3-4-8(14-7)9(11-2)10-12-5-6-13-10/h3-6,9,11H,1-2H3,(H,12,13). The second-order valence-corrected chi connectivity index (χ2v) is 4.46. The lowest BCUT2D eigenvalue weighted by Crippen LogP contribution is -2.17. The summed E-state index contributed by atoms with van der Waals surface area (Å²) >= 11 is 1.80. The van der Waals surface area contributed by atoms with Crippen molar-refractivity contribution < 1.29 is 0 Å². The molecule has 1 atom stereocenters. The first kappa shape index (κ1) is 9.43. The molecule has 1 unspecified atom stereocenters. The van der Waals surface area contributed by atoms with Crippen molar-refractivity contribution in [2.45, 2.75) is 13.0 Å². The summed E-state index contributed by atoms with van der Waals surface area (Å²) in [7, 11) is 1.95. The average molecular weight is 207 g/mol. The molecule has 4 heteroatoms. The maximum absolute atomic E-state index is 4.26. The summed E-state index contributed by atoms with van der Waals surface area (Å²) < 4.78 is 0. The van der Waals surface area contributed by atoms with Gasteiger partial charge in [0.05, 0.1) is 0 Å². The summed E-state index contributed by atoms with van der Waals surface area (Å²) in [5.41, 5.74) is 0. The van der Waals surface area contributed by atoms with Crippen molar-refractivity contribution in [3.05, 3.63) is 40.1 Å².